The van der Waals surface area contributed by atoms with Crippen molar-refractivity contribution in [3.63, 3.8) is 0 Å². The van der Waals surface area contributed by atoms with Crippen molar-refractivity contribution in [2.45, 2.75) is 18.4 Å². The summed E-state index contributed by atoms with van der Waals surface area (Å²) in [5.41, 5.74) is 5.22. The molecule has 180 valence electrons. The van der Waals surface area contributed by atoms with Crippen LogP contribution in [0.15, 0.2) is 66.7 Å². The molecule has 0 heterocycles. The van der Waals surface area contributed by atoms with Gasteiger partial charge in [-0.05, 0) is 63.0 Å². The first-order valence-corrected chi connectivity index (χ1v) is 12.0. The van der Waals surface area contributed by atoms with E-state index in [-0.39, 0.29) is 31.1 Å². The van der Waals surface area contributed by atoms with Crippen LogP contribution in [-0.4, -0.2) is 47.4 Å². The third-order valence-corrected chi connectivity index (χ3v) is 6.73. The van der Waals surface area contributed by atoms with Gasteiger partial charge in [-0.25, -0.2) is 9.59 Å². The summed E-state index contributed by atoms with van der Waals surface area (Å²) in [4.78, 5) is 36.2. The Morgan fingerprint density at radius 1 is 0.971 bits per heavy atom. The van der Waals surface area contributed by atoms with Crippen LogP contribution in [0.3, 0.4) is 0 Å². The summed E-state index contributed by atoms with van der Waals surface area (Å²) in [7, 11) is 0. The van der Waals surface area contributed by atoms with Gasteiger partial charge >= 0.3 is 12.1 Å². The van der Waals surface area contributed by atoms with Crippen molar-refractivity contribution in [3.8, 4) is 11.1 Å². The summed E-state index contributed by atoms with van der Waals surface area (Å²) in [5.74, 6) is -1.87. The van der Waals surface area contributed by atoms with E-state index in [2.05, 4.69) is 22.8 Å². The zero-order valence-electron chi connectivity index (χ0n) is 18.5. The molecule has 0 aromatic heterocycles. The standard InChI is InChI=1S/C26H23IN2O6/c27-21-13-15(24(31)28-23(11-12-30)25(32)33)9-10-22(21)29-26(34)35-14-20-18-7-3-1-5-16(18)17-6-2-4-8-19(17)20/h1-10,13,20,23,30H,11-12,14H2,(H,28,31)(H,29,34)(H,32,33)/t23-/m0/s1. The quantitative estimate of drug-likeness (QED) is 0.293. The molecule has 8 nitrogen and oxygen atoms in total. The van der Waals surface area contributed by atoms with Crippen LogP contribution in [0.4, 0.5) is 10.5 Å². The Kier molecular flexibility index (Phi) is 7.67. The van der Waals surface area contributed by atoms with E-state index in [9.17, 15) is 14.4 Å². The van der Waals surface area contributed by atoms with Gasteiger partial charge in [0.15, 0.2) is 0 Å². The molecule has 35 heavy (non-hydrogen) atoms. The number of hydrogen-bond donors (Lipinski definition) is 4. The second-order valence-electron chi connectivity index (χ2n) is 8.02. The Hall–Kier alpha value is -3.44. The minimum Gasteiger partial charge on any atom is -0.480 e. The average Bonchev–Trinajstić information content (AvgIpc) is 3.17. The number of hydrogen-bond acceptors (Lipinski definition) is 5. The molecule has 4 N–H and O–H groups in total. The molecule has 0 spiro atoms. The van der Waals surface area contributed by atoms with E-state index < -0.39 is 24.0 Å². The minimum absolute atomic E-state index is 0.0561. The molecule has 0 saturated heterocycles. The number of rotatable bonds is 8. The molecule has 0 bridgehead atoms. The van der Waals surface area contributed by atoms with E-state index in [4.69, 9.17) is 14.9 Å². The van der Waals surface area contributed by atoms with Gasteiger partial charge in [-0.1, -0.05) is 48.5 Å². The molecular weight excluding hydrogens is 563 g/mol. The number of amides is 2. The molecule has 1 aliphatic carbocycles. The highest BCUT2D eigenvalue weighted by molar-refractivity contribution is 14.1. The Labute approximate surface area is 215 Å². The van der Waals surface area contributed by atoms with Crippen LogP contribution in [0.25, 0.3) is 11.1 Å². The molecule has 0 saturated carbocycles. The molecule has 1 aliphatic rings. The second kappa shape index (κ2) is 10.9. The van der Waals surface area contributed by atoms with Crippen molar-refractivity contribution in [1.82, 2.24) is 5.32 Å². The fourth-order valence-electron chi connectivity index (χ4n) is 4.13. The van der Waals surface area contributed by atoms with Crippen LogP contribution in [-0.2, 0) is 9.53 Å². The summed E-state index contributed by atoms with van der Waals surface area (Å²) in [6.07, 6.45) is -0.713. The first kappa shape index (κ1) is 24.7. The van der Waals surface area contributed by atoms with Crippen molar-refractivity contribution >= 4 is 46.2 Å². The van der Waals surface area contributed by atoms with Gasteiger partial charge in [-0.2, -0.15) is 0 Å². The number of anilines is 1. The number of carboxylic acids is 1. The predicted octanol–water partition coefficient (Wildman–Crippen LogP) is 4.22. The number of nitrogens with one attached hydrogen (secondary N) is 2. The van der Waals surface area contributed by atoms with Crippen LogP contribution in [0.1, 0.15) is 33.8 Å². The summed E-state index contributed by atoms with van der Waals surface area (Å²) in [6, 6.07) is 19.5. The minimum atomic E-state index is -1.23. The monoisotopic (exact) mass is 586 g/mol. The smallest absolute Gasteiger partial charge is 0.411 e. The molecule has 0 unspecified atom stereocenters. The van der Waals surface area contributed by atoms with Crippen LogP contribution >= 0.6 is 22.6 Å². The van der Waals surface area contributed by atoms with E-state index in [0.29, 0.717) is 9.26 Å². The van der Waals surface area contributed by atoms with E-state index in [1.54, 1.807) is 6.07 Å². The number of ether oxygens (including phenoxy) is 1. The molecule has 4 rings (SSSR count). The molecule has 3 aromatic rings. The number of carboxylic acid groups (broad SMARTS) is 1. The summed E-state index contributed by atoms with van der Waals surface area (Å²) >= 11 is 1.98. The fraction of sp³-hybridized carbons (Fsp3) is 0.192. The second-order valence-corrected chi connectivity index (χ2v) is 9.18. The van der Waals surface area contributed by atoms with Gasteiger partial charge in [0.25, 0.3) is 5.91 Å². The number of aliphatic carboxylic acids is 1. The molecule has 1 atom stereocenters. The van der Waals surface area contributed by atoms with Crippen molar-refractivity contribution in [1.29, 1.82) is 0 Å². The lowest BCUT2D eigenvalue weighted by Crippen LogP contribution is -2.41. The number of benzene rings is 3. The van der Waals surface area contributed by atoms with Gasteiger partial charge < -0.3 is 20.3 Å². The Morgan fingerprint density at radius 2 is 1.60 bits per heavy atom. The number of fused-ring (bicyclic) bond motifs is 3. The van der Waals surface area contributed by atoms with Gasteiger partial charge in [0.2, 0.25) is 0 Å². The predicted molar refractivity (Wildman–Crippen MR) is 138 cm³/mol. The SMILES string of the molecule is O=C(Nc1ccc(C(=O)N[C@@H](CCO)C(=O)O)cc1I)OCC1c2ccccc2-c2ccccc21. The first-order valence-electron chi connectivity index (χ1n) is 10.9. The fourth-order valence-corrected chi connectivity index (χ4v) is 4.78. The van der Waals surface area contributed by atoms with Crippen LogP contribution in [0.2, 0.25) is 0 Å². The van der Waals surface area contributed by atoms with Crippen molar-refractivity contribution in [2.75, 3.05) is 18.5 Å². The number of carbonyl (C=O) groups excluding carboxylic acids is 2. The third-order valence-electron chi connectivity index (χ3n) is 5.83. The van der Waals surface area contributed by atoms with Gasteiger partial charge in [0.05, 0.1) is 5.69 Å². The highest BCUT2D eigenvalue weighted by Crippen LogP contribution is 2.44. The van der Waals surface area contributed by atoms with Gasteiger partial charge in [-0.15, -0.1) is 0 Å². The lowest BCUT2D eigenvalue weighted by Gasteiger charge is -2.16. The van der Waals surface area contributed by atoms with Crippen LogP contribution in [0, 0.1) is 3.57 Å². The number of carbonyl (C=O) groups is 3. The number of halogens is 1. The first-order chi connectivity index (χ1) is 16.9. The lowest BCUT2D eigenvalue weighted by atomic mass is 9.98. The van der Waals surface area contributed by atoms with E-state index >= 15 is 0 Å². The van der Waals surface area contributed by atoms with Crippen molar-refractivity contribution in [2.24, 2.45) is 0 Å². The molecule has 0 aliphatic heterocycles. The third kappa shape index (κ3) is 5.46. The molecule has 9 heteroatoms. The highest BCUT2D eigenvalue weighted by Gasteiger charge is 2.29. The maximum absolute atomic E-state index is 12.6. The normalized spacial score (nSPS) is 12.9. The maximum atomic E-state index is 12.6. The largest absolute Gasteiger partial charge is 0.480 e. The van der Waals surface area contributed by atoms with E-state index in [0.717, 1.165) is 22.3 Å². The topological polar surface area (TPSA) is 125 Å². The Bertz CT molecular complexity index is 1230. The van der Waals surface area contributed by atoms with E-state index in [1.165, 1.54) is 12.1 Å². The van der Waals surface area contributed by atoms with Gasteiger partial charge in [0.1, 0.15) is 12.6 Å². The molecule has 0 radical (unpaired) electrons. The molecule has 0 fully saturated rings. The molecular formula is C26H23IN2O6. The van der Waals surface area contributed by atoms with Crippen molar-refractivity contribution < 1.29 is 29.3 Å². The Balaban J connectivity index is 1.39. The zero-order chi connectivity index (χ0) is 24.9. The van der Waals surface area contributed by atoms with Gasteiger partial charge in [-0.3, -0.25) is 10.1 Å². The average molecular weight is 586 g/mol. The summed E-state index contributed by atoms with van der Waals surface area (Å²) in [5, 5.41) is 23.2. The number of aliphatic hydroxyl groups excluding tert-OH is 1. The summed E-state index contributed by atoms with van der Waals surface area (Å²) in [6.45, 7) is -0.184. The van der Waals surface area contributed by atoms with E-state index in [1.807, 2.05) is 59.0 Å². The zero-order valence-corrected chi connectivity index (χ0v) is 20.7. The maximum Gasteiger partial charge on any atom is 0.411 e. The molecule has 2 amide bonds. The number of aliphatic hydroxyl groups is 1. The van der Waals surface area contributed by atoms with Gasteiger partial charge in [0, 0.05) is 28.1 Å². The highest BCUT2D eigenvalue weighted by atomic mass is 127. The van der Waals surface area contributed by atoms with Crippen LogP contribution < -0.4 is 10.6 Å². The van der Waals surface area contributed by atoms with Crippen molar-refractivity contribution in [3.05, 3.63) is 87.0 Å². The Morgan fingerprint density at radius 3 is 2.17 bits per heavy atom. The van der Waals surface area contributed by atoms with Crippen LogP contribution in [0.5, 0.6) is 0 Å². The molecule has 3 aromatic carbocycles. The lowest BCUT2D eigenvalue weighted by molar-refractivity contribution is -0.139. The summed E-state index contributed by atoms with van der Waals surface area (Å²) < 4.78 is 6.14.